The van der Waals surface area contributed by atoms with Crippen LogP contribution in [0, 0.1) is 6.92 Å². The van der Waals surface area contributed by atoms with Gasteiger partial charge in [0.25, 0.3) is 0 Å². The zero-order valence-corrected chi connectivity index (χ0v) is 7.27. The fourth-order valence-corrected chi connectivity index (χ4v) is 1.28. The number of aryl methyl sites for hydroxylation is 1. The summed E-state index contributed by atoms with van der Waals surface area (Å²) in [4.78, 5) is 2.86. The molecule has 1 nitrogen and oxygen atoms in total. The van der Waals surface area contributed by atoms with E-state index in [-0.39, 0.29) is 0 Å². The summed E-state index contributed by atoms with van der Waals surface area (Å²) in [6, 6.07) is 5.99. The van der Waals surface area contributed by atoms with Crippen molar-refractivity contribution in [1.82, 2.24) is 4.98 Å². The van der Waals surface area contributed by atoms with E-state index in [4.69, 9.17) is 0 Å². The molecule has 0 fully saturated rings. The maximum atomic E-state index is 2.86. The van der Waals surface area contributed by atoms with E-state index >= 15 is 0 Å². The molecule has 2 heterocycles. The monoisotopic (exact) mass is 165 g/mol. The molecule has 0 saturated carbocycles. The molecular formula is C9H11NS. The van der Waals surface area contributed by atoms with E-state index < -0.39 is 0 Å². The fourth-order valence-electron chi connectivity index (χ4n) is 0.610. The highest BCUT2D eigenvalue weighted by atomic mass is 32.1. The van der Waals surface area contributed by atoms with Gasteiger partial charge in [-0.05, 0) is 41.4 Å². The van der Waals surface area contributed by atoms with Crippen molar-refractivity contribution in [2.24, 2.45) is 0 Å². The summed E-state index contributed by atoms with van der Waals surface area (Å²) in [7, 11) is 0. The molecule has 58 valence electrons. The van der Waals surface area contributed by atoms with Crippen molar-refractivity contribution in [3.05, 3.63) is 46.9 Å². The maximum absolute atomic E-state index is 2.86. The Labute approximate surface area is 70.7 Å². The van der Waals surface area contributed by atoms with E-state index in [1.165, 1.54) is 5.56 Å². The Morgan fingerprint density at radius 2 is 2.00 bits per heavy atom. The molecule has 0 atom stereocenters. The third kappa shape index (κ3) is 3.63. The lowest BCUT2D eigenvalue weighted by Crippen LogP contribution is -1.47. The average Bonchev–Trinajstić information content (AvgIpc) is 2.57. The minimum absolute atomic E-state index is 1.36. The first-order chi connectivity index (χ1) is 5.39. The highest BCUT2D eigenvalue weighted by Gasteiger charge is 1.74. The zero-order valence-electron chi connectivity index (χ0n) is 6.45. The maximum Gasteiger partial charge on any atom is 0.000496 e. The quantitative estimate of drug-likeness (QED) is 0.617. The Balaban J connectivity index is 0.000000112. The zero-order chi connectivity index (χ0) is 7.94. The predicted molar refractivity (Wildman–Crippen MR) is 49.8 cm³/mol. The molecule has 0 aromatic carbocycles. The van der Waals surface area contributed by atoms with Gasteiger partial charge in [-0.15, -0.1) is 0 Å². The van der Waals surface area contributed by atoms with Crippen molar-refractivity contribution in [2.45, 2.75) is 6.92 Å². The summed E-state index contributed by atoms with van der Waals surface area (Å²) < 4.78 is 0. The van der Waals surface area contributed by atoms with Crippen LogP contribution in [-0.2, 0) is 0 Å². The van der Waals surface area contributed by atoms with Crippen LogP contribution in [0.3, 0.4) is 0 Å². The van der Waals surface area contributed by atoms with Crippen molar-refractivity contribution >= 4 is 11.3 Å². The van der Waals surface area contributed by atoms with Crippen LogP contribution in [0.4, 0.5) is 0 Å². The van der Waals surface area contributed by atoms with Gasteiger partial charge in [0.1, 0.15) is 0 Å². The summed E-state index contributed by atoms with van der Waals surface area (Å²) in [6.45, 7) is 2.09. The number of aromatic amines is 1. The smallest absolute Gasteiger partial charge is 0.000496 e. The number of hydrogen-bond donors (Lipinski definition) is 1. The molecule has 11 heavy (non-hydrogen) atoms. The number of H-pyrrole nitrogens is 1. The van der Waals surface area contributed by atoms with Gasteiger partial charge in [0, 0.05) is 12.4 Å². The van der Waals surface area contributed by atoms with Gasteiger partial charge in [-0.25, -0.2) is 0 Å². The molecule has 2 aromatic rings. The summed E-state index contributed by atoms with van der Waals surface area (Å²) in [5.41, 5.74) is 1.36. The molecule has 0 amide bonds. The van der Waals surface area contributed by atoms with E-state index in [1.807, 2.05) is 24.5 Å². The van der Waals surface area contributed by atoms with Crippen LogP contribution in [0.1, 0.15) is 5.56 Å². The molecule has 0 aliphatic rings. The minimum Gasteiger partial charge on any atom is -0.368 e. The molecule has 2 rings (SSSR count). The number of aromatic nitrogens is 1. The Morgan fingerprint density at radius 1 is 1.27 bits per heavy atom. The van der Waals surface area contributed by atoms with E-state index in [1.54, 1.807) is 11.3 Å². The van der Waals surface area contributed by atoms with Gasteiger partial charge in [0.05, 0.1) is 0 Å². The third-order valence-corrected chi connectivity index (χ3v) is 1.96. The minimum atomic E-state index is 1.36. The average molecular weight is 165 g/mol. The van der Waals surface area contributed by atoms with Crippen LogP contribution in [0.5, 0.6) is 0 Å². The van der Waals surface area contributed by atoms with Gasteiger partial charge in [-0.3, -0.25) is 0 Å². The lowest BCUT2D eigenvalue weighted by molar-refractivity contribution is 1.42. The second kappa shape index (κ2) is 4.74. The van der Waals surface area contributed by atoms with Crippen molar-refractivity contribution in [3.63, 3.8) is 0 Å². The Bertz CT molecular complexity index is 228. The Kier molecular flexibility index (Phi) is 3.48. The molecule has 0 saturated heterocycles. The van der Waals surface area contributed by atoms with Crippen LogP contribution in [0.25, 0.3) is 0 Å². The second-order valence-corrected chi connectivity index (χ2v) is 2.97. The van der Waals surface area contributed by atoms with Gasteiger partial charge in [0.2, 0.25) is 0 Å². The molecule has 0 bridgehead atoms. The molecule has 0 aliphatic carbocycles. The second-order valence-electron chi connectivity index (χ2n) is 2.19. The lowest BCUT2D eigenvalue weighted by atomic mass is 10.4. The van der Waals surface area contributed by atoms with E-state index in [9.17, 15) is 0 Å². The normalized spacial score (nSPS) is 8.45. The molecule has 0 unspecified atom stereocenters. The fraction of sp³-hybridized carbons (Fsp3) is 0.111. The standard InChI is InChI=1S/C5H6S.C4H5N/c1-5-2-3-6-4-5;1-2-4-5-3-1/h2-4H,1H3;1-5H. The number of hydrogen-bond acceptors (Lipinski definition) is 1. The Morgan fingerprint density at radius 3 is 2.18 bits per heavy atom. The van der Waals surface area contributed by atoms with E-state index in [2.05, 4.69) is 28.7 Å². The molecule has 1 N–H and O–H groups in total. The molecule has 0 aliphatic heterocycles. The number of rotatable bonds is 0. The van der Waals surface area contributed by atoms with Gasteiger partial charge < -0.3 is 4.98 Å². The molecule has 0 radical (unpaired) electrons. The third-order valence-electron chi connectivity index (χ3n) is 1.16. The van der Waals surface area contributed by atoms with Crippen molar-refractivity contribution in [3.8, 4) is 0 Å². The SMILES string of the molecule is Cc1ccsc1.c1cc[nH]c1. The molecule has 2 heteroatoms. The predicted octanol–water partition coefficient (Wildman–Crippen LogP) is 3.07. The highest BCUT2D eigenvalue weighted by Crippen LogP contribution is 2.01. The molecular weight excluding hydrogens is 154 g/mol. The van der Waals surface area contributed by atoms with Crippen molar-refractivity contribution < 1.29 is 0 Å². The summed E-state index contributed by atoms with van der Waals surface area (Å²) in [5, 5.41) is 4.20. The van der Waals surface area contributed by atoms with Crippen LogP contribution in [0.15, 0.2) is 41.4 Å². The van der Waals surface area contributed by atoms with Crippen LogP contribution < -0.4 is 0 Å². The first-order valence-electron chi connectivity index (χ1n) is 3.46. The van der Waals surface area contributed by atoms with Crippen molar-refractivity contribution in [1.29, 1.82) is 0 Å². The van der Waals surface area contributed by atoms with E-state index in [0.717, 1.165) is 0 Å². The van der Waals surface area contributed by atoms with Crippen LogP contribution >= 0.6 is 11.3 Å². The largest absolute Gasteiger partial charge is 0.368 e. The first kappa shape index (κ1) is 8.08. The first-order valence-corrected chi connectivity index (χ1v) is 4.40. The summed E-state index contributed by atoms with van der Waals surface area (Å²) in [6.07, 6.45) is 3.75. The number of thiophene rings is 1. The highest BCUT2D eigenvalue weighted by molar-refractivity contribution is 7.07. The molecule has 0 spiro atoms. The van der Waals surface area contributed by atoms with Gasteiger partial charge >= 0.3 is 0 Å². The lowest BCUT2D eigenvalue weighted by Gasteiger charge is -1.65. The van der Waals surface area contributed by atoms with Crippen LogP contribution in [0.2, 0.25) is 0 Å². The summed E-state index contributed by atoms with van der Waals surface area (Å²) in [5.74, 6) is 0. The topological polar surface area (TPSA) is 15.8 Å². The molecule has 2 aromatic heterocycles. The Hall–Kier alpha value is -1.02. The van der Waals surface area contributed by atoms with Crippen molar-refractivity contribution in [2.75, 3.05) is 0 Å². The summed E-state index contributed by atoms with van der Waals surface area (Å²) >= 11 is 1.74. The van der Waals surface area contributed by atoms with Gasteiger partial charge in [-0.1, -0.05) is 0 Å². The van der Waals surface area contributed by atoms with Gasteiger partial charge in [-0.2, -0.15) is 11.3 Å². The van der Waals surface area contributed by atoms with Gasteiger partial charge in [0.15, 0.2) is 0 Å². The van der Waals surface area contributed by atoms with E-state index in [0.29, 0.717) is 0 Å². The van der Waals surface area contributed by atoms with Crippen LogP contribution in [-0.4, -0.2) is 4.98 Å². The number of nitrogens with one attached hydrogen (secondary N) is 1.